The van der Waals surface area contributed by atoms with Gasteiger partial charge >= 0.3 is 0 Å². The van der Waals surface area contributed by atoms with Crippen LogP contribution in [0.3, 0.4) is 0 Å². The first-order chi connectivity index (χ1) is 8.72. The fourth-order valence-corrected chi connectivity index (χ4v) is 2.61. The number of benzene rings is 1. The van der Waals surface area contributed by atoms with Crippen molar-refractivity contribution in [3.63, 3.8) is 0 Å². The molecule has 0 aliphatic heterocycles. The van der Waals surface area contributed by atoms with Gasteiger partial charge in [0.25, 0.3) is 0 Å². The summed E-state index contributed by atoms with van der Waals surface area (Å²) in [5.41, 5.74) is 1.43. The molecule has 0 aromatic heterocycles. The van der Waals surface area contributed by atoms with Crippen LogP contribution in [-0.4, -0.2) is 30.1 Å². The molecule has 1 fully saturated rings. The number of nitrogens with one attached hydrogen (secondary N) is 1. The predicted molar refractivity (Wildman–Crippen MR) is 77.7 cm³/mol. The number of nitrogens with zero attached hydrogens (tertiary/aromatic N) is 1. The minimum absolute atomic E-state index is 0.497. The molecule has 0 spiro atoms. The highest BCUT2D eigenvalue weighted by Crippen LogP contribution is 2.25. The van der Waals surface area contributed by atoms with E-state index in [9.17, 15) is 0 Å². The Balaban J connectivity index is 2.09. The fourth-order valence-electron chi connectivity index (χ4n) is 2.61. The van der Waals surface area contributed by atoms with Crippen LogP contribution >= 0.6 is 0 Å². The van der Waals surface area contributed by atoms with Gasteiger partial charge in [0, 0.05) is 24.7 Å². The number of hydrogen-bond acceptors (Lipinski definition) is 2. The van der Waals surface area contributed by atoms with Gasteiger partial charge in [-0.05, 0) is 38.8 Å². The Kier molecular flexibility index (Phi) is 4.79. The van der Waals surface area contributed by atoms with Gasteiger partial charge < -0.3 is 5.32 Å². The van der Waals surface area contributed by atoms with E-state index in [1.54, 1.807) is 0 Å². The molecular formula is C16H26N2. The van der Waals surface area contributed by atoms with E-state index >= 15 is 0 Å². The van der Waals surface area contributed by atoms with Gasteiger partial charge in [0.05, 0.1) is 0 Å². The van der Waals surface area contributed by atoms with Crippen molar-refractivity contribution in [1.29, 1.82) is 0 Å². The highest BCUT2D eigenvalue weighted by Gasteiger charge is 2.25. The van der Waals surface area contributed by atoms with Crippen molar-refractivity contribution in [2.75, 3.05) is 13.1 Å². The maximum atomic E-state index is 3.68. The van der Waals surface area contributed by atoms with Crippen molar-refractivity contribution >= 4 is 0 Å². The third-order valence-electron chi connectivity index (χ3n) is 3.79. The van der Waals surface area contributed by atoms with Crippen LogP contribution in [0.15, 0.2) is 30.3 Å². The van der Waals surface area contributed by atoms with E-state index in [4.69, 9.17) is 0 Å². The molecule has 1 N–H and O–H groups in total. The lowest BCUT2D eigenvalue weighted by molar-refractivity contribution is 0.158. The Morgan fingerprint density at radius 2 is 1.89 bits per heavy atom. The lowest BCUT2D eigenvalue weighted by Gasteiger charge is -2.34. The summed E-state index contributed by atoms with van der Waals surface area (Å²) in [6.07, 6.45) is 2.71. The van der Waals surface area contributed by atoms with E-state index in [1.165, 1.54) is 18.4 Å². The van der Waals surface area contributed by atoms with E-state index in [-0.39, 0.29) is 0 Å². The average Bonchev–Trinajstić information content (AvgIpc) is 3.19. The van der Waals surface area contributed by atoms with Gasteiger partial charge in [-0.1, -0.05) is 37.3 Å². The molecule has 2 nitrogen and oxygen atoms in total. The van der Waals surface area contributed by atoms with Crippen molar-refractivity contribution in [3.05, 3.63) is 35.9 Å². The maximum absolute atomic E-state index is 3.68. The van der Waals surface area contributed by atoms with Crippen LogP contribution in [0, 0.1) is 0 Å². The molecule has 0 heterocycles. The molecule has 1 unspecified atom stereocenters. The summed E-state index contributed by atoms with van der Waals surface area (Å²) in [5, 5.41) is 3.68. The molecule has 0 bridgehead atoms. The van der Waals surface area contributed by atoms with Gasteiger partial charge in [0.15, 0.2) is 0 Å². The van der Waals surface area contributed by atoms with Gasteiger partial charge in [0.1, 0.15) is 0 Å². The van der Waals surface area contributed by atoms with Gasteiger partial charge in [-0.15, -0.1) is 0 Å². The molecule has 2 heteroatoms. The van der Waals surface area contributed by atoms with Crippen molar-refractivity contribution in [2.24, 2.45) is 0 Å². The summed E-state index contributed by atoms with van der Waals surface area (Å²) in [4.78, 5) is 2.57. The summed E-state index contributed by atoms with van der Waals surface area (Å²) >= 11 is 0. The summed E-state index contributed by atoms with van der Waals surface area (Å²) in [5.74, 6) is 0. The van der Waals surface area contributed by atoms with E-state index in [1.807, 2.05) is 0 Å². The summed E-state index contributed by atoms with van der Waals surface area (Å²) in [6, 6.07) is 12.8. The summed E-state index contributed by atoms with van der Waals surface area (Å²) in [7, 11) is 0. The van der Waals surface area contributed by atoms with Crippen molar-refractivity contribution in [3.8, 4) is 0 Å². The molecule has 1 saturated carbocycles. The van der Waals surface area contributed by atoms with E-state index in [2.05, 4.69) is 61.3 Å². The Morgan fingerprint density at radius 3 is 2.39 bits per heavy atom. The van der Waals surface area contributed by atoms with E-state index in [0.717, 1.165) is 19.1 Å². The van der Waals surface area contributed by atoms with Crippen LogP contribution in [0.2, 0.25) is 0 Å². The minimum Gasteiger partial charge on any atom is -0.312 e. The van der Waals surface area contributed by atoms with Crippen molar-refractivity contribution < 1.29 is 0 Å². The Labute approximate surface area is 111 Å². The highest BCUT2D eigenvalue weighted by molar-refractivity contribution is 5.19. The van der Waals surface area contributed by atoms with E-state index in [0.29, 0.717) is 12.1 Å². The van der Waals surface area contributed by atoms with Crippen LogP contribution in [0.5, 0.6) is 0 Å². The summed E-state index contributed by atoms with van der Waals surface area (Å²) < 4.78 is 0. The quantitative estimate of drug-likeness (QED) is 0.794. The topological polar surface area (TPSA) is 15.3 Å². The van der Waals surface area contributed by atoms with Crippen LogP contribution in [-0.2, 0) is 0 Å². The first kappa shape index (κ1) is 13.6. The lowest BCUT2D eigenvalue weighted by atomic mass is 10.0. The second kappa shape index (κ2) is 6.35. The zero-order valence-corrected chi connectivity index (χ0v) is 11.9. The van der Waals surface area contributed by atoms with Gasteiger partial charge in [-0.3, -0.25) is 4.90 Å². The van der Waals surface area contributed by atoms with Gasteiger partial charge in [0.2, 0.25) is 0 Å². The van der Waals surface area contributed by atoms with Crippen LogP contribution in [0.1, 0.15) is 45.2 Å². The second-order valence-electron chi connectivity index (χ2n) is 5.53. The van der Waals surface area contributed by atoms with Gasteiger partial charge in [-0.2, -0.15) is 0 Å². The standard InChI is InChI=1S/C16H26N2/c1-4-18(13(2)3)16(12-17-15-10-11-15)14-8-6-5-7-9-14/h5-9,13,15-17H,4,10-12H2,1-3H3. The van der Waals surface area contributed by atoms with Crippen LogP contribution in [0.25, 0.3) is 0 Å². The molecular weight excluding hydrogens is 220 g/mol. The number of hydrogen-bond donors (Lipinski definition) is 1. The Hall–Kier alpha value is -0.860. The Bertz CT molecular complexity index is 343. The molecule has 1 aromatic carbocycles. The van der Waals surface area contributed by atoms with E-state index < -0.39 is 0 Å². The molecule has 2 rings (SSSR count). The summed E-state index contributed by atoms with van der Waals surface area (Å²) in [6.45, 7) is 9.00. The molecule has 1 aliphatic rings. The molecule has 1 aromatic rings. The highest BCUT2D eigenvalue weighted by atomic mass is 15.2. The zero-order chi connectivity index (χ0) is 13.0. The molecule has 1 atom stereocenters. The second-order valence-corrected chi connectivity index (χ2v) is 5.53. The number of rotatable bonds is 7. The smallest absolute Gasteiger partial charge is 0.0475 e. The number of likely N-dealkylation sites (N-methyl/N-ethyl adjacent to an activating group) is 1. The van der Waals surface area contributed by atoms with Crippen LogP contribution < -0.4 is 5.32 Å². The zero-order valence-electron chi connectivity index (χ0n) is 11.9. The van der Waals surface area contributed by atoms with Crippen molar-refractivity contribution in [2.45, 2.75) is 51.7 Å². The predicted octanol–water partition coefficient (Wildman–Crippen LogP) is 3.21. The van der Waals surface area contributed by atoms with Crippen LogP contribution in [0.4, 0.5) is 0 Å². The molecule has 0 amide bonds. The minimum atomic E-state index is 0.497. The monoisotopic (exact) mass is 246 g/mol. The molecule has 100 valence electrons. The molecule has 0 saturated heterocycles. The van der Waals surface area contributed by atoms with Crippen molar-refractivity contribution in [1.82, 2.24) is 10.2 Å². The average molecular weight is 246 g/mol. The normalized spacial score (nSPS) is 17.4. The third kappa shape index (κ3) is 3.56. The first-order valence-electron chi connectivity index (χ1n) is 7.26. The fraction of sp³-hybridized carbons (Fsp3) is 0.625. The maximum Gasteiger partial charge on any atom is 0.0475 e. The molecule has 0 radical (unpaired) electrons. The third-order valence-corrected chi connectivity index (χ3v) is 3.79. The van der Waals surface area contributed by atoms with Gasteiger partial charge in [-0.25, -0.2) is 0 Å². The molecule has 18 heavy (non-hydrogen) atoms. The lowest BCUT2D eigenvalue weighted by Crippen LogP contribution is -2.40. The first-order valence-corrected chi connectivity index (χ1v) is 7.26. The Morgan fingerprint density at radius 1 is 1.22 bits per heavy atom. The SMILES string of the molecule is CCN(C(C)C)C(CNC1CC1)c1ccccc1. The molecule has 1 aliphatic carbocycles. The largest absolute Gasteiger partial charge is 0.312 e.